The molecular weight excluding hydrogens is 230 g/mol. The number of aliphatic imine (C=N–C) groups is 1. The lowest BCUT2D eigenvalue weighted by molar-refractivity contribution is 0.0592. The molecule has 0 saturated carbocycles. The van der Waals surface area contributed by atoms with E-state index in [1.807, 2.05) is 31.2 Å². The van der Waals surface area contributed by atoms with Gasteiger partial charge < -0.3 is 14.2 Å². The molecule has 0 fully saturated rings. The van der Waals surface area contributed by atoms with E-state index in [1.54, 1.807) is 13.3 Å². The summed E-state index contributed by atoms with van der Waals surface area (Å²) < 4.78 is 15.9. The highest BCUT2D eigenvalue weighted by Gasteiger charge is 2.15. The average Bonchev–Trinajstić information content (AvgIpc) is 2.85. The molecule has 18 heavy (non-hydrogen) atoms. The van der Waals surface area contributed by atoms with Crippen LogP contribution >= 0.6 is 0 Å². The molecule has 0 amide bonds. The maximum Gasteiger partial charge on any atom is 0.284 e. The Hall–Kier alpha value is -1.97. The molecule has 0 saturated heterocycles. The third-order valence-corrected chi connectivity index (χ3v) is 2.58. The van der Waals surface area contributed by atoms with Crippen molar-refractivity contribution in [2.75, 3.05) is 20.3 Å². The van der Waals surface area contributed by atoms with E-state index in [0.29, 0.717) is 19.2 Å². The predicted molar refractivity (Wildman–Crippen MR) is 70.4 cm³/mol. The summed E-state index contributed by atoms with van der Waals surface area (Å²) in [6.07, 6.45) is 2.65. The number of nitrogens with zero attached hydrogens (tertiary/aromatic N) is 1. The Balaban J connectivity index is 2.07. The van der Waals surface area contributed by atoms with Crippen LogP contribution in [0.25, 0.3) is 0 Å². The molecule has 1 heterocycles. The number of rotatable bonds is 5. The van der Waals surface area contributed by atoms with Crippen LogP contribution in [0.4, 0.5) is 5.69 Å². The van der Waals surface area contributed by atoms with Gasteiger partial charge in [0.2, 0.25) is 0 Å². The zero-order chi connectivity index (χ0) is 12.8. The van der Waals surface area contributed by atoms with Gasteiger partial charge in [-0.1, -0.05) is 0 Å². The fraction of sp³-hybridized carbons (Fsp3) is 0.357. The topological polar surface area (TPSA) is 40.0 Å². The standard InChI is InChI=1S/C14H17NO3/c1-3-17-14-11(8-9-18-14)10-15-12-4-6-13(16-2)7-5-12/h4-7,10H,3,8-9H2,1-2H3. The van der Waals surface area contributed by atoms with E-state index in [1.165, 1.54) is 0 Å². The van der Waals surface area contributed by atoms with Gasteiger partial charge in [0.15, 0.2) is 0 Å². The minimum absolute atomic E-state index is 0.606. The maximum absolute atomic E-state index is 5.39. The van der Waals surface area contributed by atoms with Gasteiger partial charge in [0.25, 0.3) is 5.95 Å². The number of methoxy groups -OCH3 is 1. The van der Waals surface area contributed by atoms with Gasteiger partial charge in [-0.2, -0.15) is 0 Å². The second-order valence-corrected chi connectivity index (χ2v) is 3.80. The lowest BCUT2D eigenvalue weighted by Gasteiger charge is -2.03. The van der Waals surface area contributed by atoms with Crippen LogP contribution in [-0.2, 0) is 9.47 Å². The Morgan fingerprint density at radius 3 is 2.78 bits per heavy atom. The van der Waals surface area contributed by atoms with Gasteiger partial charge in [-0.25, -0.2) is 0 Å². The molecule has 0 spiro atoms. The van der Waals surface area contributed by atoms with Crippen molar-refractivity contribution in [2.45, 2.75) is 13.3 Å². The molecule has 4 nitrogen and oxygen atoms in total. The van der Waals surface area contributed by atoms with Gasteiger partial charge >= 0.3 is 0 Å². The van der Waals surface area contributed by atoms with Crippen molar-refractivity contribution in [2.24, 2.45) is 4.99 Å². The molecule has 1 aliphatic rings. The van der Waals surface area contributed by atoms with Crippen molar-refractivity contribution in [3.63, 3.8) is 0 Å². The molecule has 0 aromatic heterocycles. The lowest BCUT2D eigenvalue weighted by atomic mass is 10.2. The number of benzene rings is 1. The van der Waals surface area contributed by atoms with Crippen molar-refractivity contribution in [1.29, 1.82) is 0 Å². The smallest absolute Gasteiger partial charge is 0.284 e. The van der Waals surface area contributed by atoms with E-state index in [-0.39, 0.29) is 0 Å². The molecule has 0 bridgehead atoms. The van der Waals surface area contributed by atoms with Gasteiger partial charge in [-0.3, -0.25) is 4.99 Å². The van der Waals surface area contributed by atoms with E-state index >= 15 is 0 Å². The maximum atomic E-state index is 5.39. The molecule has 2 rings (SSSR count). The Morgan fingerprint density at radius 1 is 1.33 bits per heavy atom. The first kappa shape index (κ1) is 12.5. The minimum atomic E-state index is 0.606. The summed E-state index contributed by atoms with van der Waals surface area (Å²) in [5, 5.41) is 0. The zero-order valence-electron chi connectivity index (χ0n) is 10.7. The number of ether oxygens (including phenoxy) is 3. The Bertz CT molecular complexity index is 449. The Kier molecular flexibility index (Phi) is 4.23. The SMILES string of the molecule is CCOC1=C(C=Nc2ccc(OC)cc2)CCO1. The quantitative estimate of drug-likeness (QED) is 0.751. The molecule has 96 valence electrons. The van der Waals surface area contributed by atoms with E-state index < -0.39 is 0 Å². The Labute approximate surface area is 107 Å². The van der Waals surface area contributed by atoms with Crippen LogP contribution in [0.3, 0.4) is 0 Å². The summed E-state index contributed by atoms with van der Waals surface area (Å²) in [5.41, 5.74) is 1.89. The fourth-order valence-electron chi connectivity index (χ4n) is 1.65. The second-order valence-electron chi connectivity index (χ2n) is 3.80. The third kappa shape index (κ3) is 3.03. The lowest BCUT2D eigenvalue weighted by Crippen LogP contribution is -1.94. The number of hydrogen-bond donors (Lipinski definition) is 0. The summed E-state index contributed by atoms with van der Waals surface area (Å²) in [4.78, 5) is 4.40. The van der Waals surface area contributed by atoms with Crippen molar-refractivity contribution in [3.05, 3.63) is 35.8 Å². The summed E-state index contributed by atoms with van der Waals surface area (Å²) in [5.74, 6) is 1.43. The zero-order valence-corrected chi connectivity index (χ0v) is 10.7. The molecule has 0 aliphatic carbocycles. The van der Waals surface area contributed by atoms with E-state index in [0.717, 1.165) is 23.4 Å². The summed E-state index contributed by atoms with van der Waals surface area (Å²) in [6, 6.07) is 7.59. The monoisotopic (exact) mass is 247 g/mol. The van der Waals surface area contributed by atoms with Crippen LogP contribution in [0.2, 0.25) is 0 Å². The largest absolute Gasteiger partial charge is 0.497 e. The molecule has 0 unspecified atom stereocenters. The molecule has 1 aromatic carbocycles. The van der Waals surface area contributed by atoms with Crippen molar-refractivity contribution in [3.8, 4) is 5.75 Å². The van der Waals surface area contributed by atoms with Crippen LogP contribution in [0, 0.1) is 0 Å². The first-order valence-electron chi connectivity index (χ1n) is 6.00. The highest BCUT2D eigenvalue weighted by Crippen LogP contribution is 2.21. The number of hydrogen-bond acceptors (Lipinski definition) is 4. The van der Waals surface area contributed by atoms with Crippen molar-refractivity contribution >= 4 is 11.9 Å². The molecular formula is C14H17NO3. The van der Waals surface area contributed by atoms with E-state index in [9.17, 15) is 0 Å². The molecule has 0 radical (unpaired) electrons. The van der Waals surface area contributed by atoms with Crippen molar-refractivity contribution < 1.29 is 14.2 Å². The van der Waals surface area contributed by atoms with Gasteiger partial charge in [0.1, 0.15) is 5.75 Å². The Morgan fingerprint density at radius 2 is 2.11 bits per heavy atom. The highest BCUT2D eigenvalue weighted by atomic mass is 16.7. The molecule has 0 atom stereocenters. The van der Waals surface area contributed by atoms with Crippen LogP contribution < -0.4 is 4.74 Å². The van der Waals surface area contributed by atoms with Gasteiger partial charge in [-0.05, 0) is 31.2 Å². The van der Waals surface area contributed by atoms with E-state index in [2.05, 4.69) is 4.99 Å². The van der Waals surface area contributed by atoms with Crippen LogP contribution in [0.15, 0.2) is 40.8 Å². The van der Waals surface area contributed by atoms with Crippen LogP contribution in [0.1, 0.15) is 13.3 Å². The van der Waals surface area contributed by atoms with Gasteiger partial charge in [0.05, 0.1) is 31.6 Å². The van der Waals surface area contributed by atoms with Gasteiger partial charge in [0, 0.05) is 12.6 Å². The third-order valence-electron chi connectivity index (χ3n) is 2.58. The molecule has 1 aliphatic heterocycles. The molecule has 4 heteroatoms. The molecule has 1 aromatic rings. The first-order chi connectivity index (χ1) is 8.83. The summed E-state index contributed by atoms with van der Waals surface area (Å²) in [6.45, 7) is 3.21. The second kappa shape index (κ2) is 6.10. The fourth-order valence-corrected chi connectivity index (χ4v) is 1.65. The normalized spacial score (nSPS) is 15.0. The predicted octanol–water partition coefficient (Wildman–Crippen LogP) is 3.07. The van der Waals surface area contributed by atoms with Crippen molar-refractivity contribution in [1.82, 2.24) is 0 Å². The van der Waals surface area contributed by atoms with Gasteiger partial charge in [-0.15, -0.1) is 0 Å². The minimum Gasteiger partial charge on any atom is -0.497 e. The average molecular weight is 247 g/mol. The van der Waals surface area contributed by atoms with Crippen LogP contribution in [0.5, 0.6) is 5.75 Å². The summed E-state index contributed by atoms with van der Waals surface area (Å²) >= 11 is 0. The first-order valence-corrected chi connectivity index (χ1v) is 6.00. The molecule has 0 N–H and O–H groups in total. The highest BCUT2D eigenvalue weighted by molar-refractivity contribution is 5.81. The van der Waals surface area contributed by atoms with E-state index in [4.69, 9.17) is 14.2 Å². The van der Waals surface area contributed by atoms with Crippen LogP contribution in [-0.4, -0.2) is 26.5 Å². The summed E-state index contributed by atoms with van der Waals surface area (Å²) in [7, 11) is 1.65.